The number of nitriles is 1. The fourth-order valence-corrected chi connectivity index (χ4v) is 1.86. The summed E-state index contributed by atoms with van der Waals surface area (Å²) in [5.41, 5.74) is 3.07. The number of aryl methyl sites for hydroxylation is 1. The van der Waals surface area contributed by atoms with E-state index in [0.29, 0.717) is 11.2 Å². The van der Waals surface area contributed by atoms with Gasteiger partial charge < -0.3 is 0 Å². The molecule has 3 aromatic rings. The molecule has 0 aliphatic carbocycles. The van der Waals surface area contributed by atoms with E-state index < -0.39 is 0 Å². The van der Waals surface area contributed by atoms with E-state index in [1.807, 2.05) is 23.5 Å². The van der Waals surface area contributed by atoms with Crippen LogP contribution in [0.4, 0.5) is 0 Å². The first kappa shape index (κ1) is 10.4. The number of nitrogens with zero attached hydrogens (tertiary/aromatic N) is 5. The van der Waals surface area contributed by atoms with Gasteiger partial charge in [-0.3, -0.25) is 9.38 Å². The maximum absolute atomic E-state index is 8.85. The summed E-state index contributed by atoms with van der Waals surface area (Å²) in [7, 11) is 0. The van der Waals surface area contributed by atoms with Gasteiger partial charge in [-0.1, -0.05) is 0 Å². The highest BCUT2D eigenvalue weighted by molar-refractivity contribution is 5.62. The second kappa shape index (κ2) is 3.93. The third-order valence-electron chi connectivity index (χ3n) is 2.79. The van der Waals surface area contributed by atoms with Gasteiger partial charge in [-0.2, -0.15) is 5.26 Å². The Balaban J connectivity index is 2.26. The molecule has 0 spiro atoms. The molecule has 0 amide bonds. The molecule has 5 heteroatoms. The summed E-state index contributed by atoms with van der Waals surface area (Å²) in [6, 6.07) is 9.36. The molecule has 0 unspecified atom stereocenters. The van der Waals surface area contributed by atoms with E-state index in [0.717, 1.165) is 17.1 Å². The fraction of sp³-hybridized carbons (Fsp3) is 0.0769. The second-order valence-corrected chi connectivity index (χ2v) is 3.92. The van der Waals surface area contributed by atoms with E-state index in [1.54, 1.807) is 24.5 Å². The highest BCUT2D eigenvalue weighted by Gasteiger charge is 2.10. The maximum Gasteiger partial charge on any atom is 0.170 e. The molecule has 86 valence electrons. The van der Waals surface area contributed by atoms with Crippen LogP contribution in [0.2, 0.25) is 0 Å². The molecule has 0 aromatic carbocycles. The van der Waals surface area contributed by atoms with Crippen molar-refractivity contribution in [1.82, 2.24) is 19.6 Å². The monoisotopic (exact) mass is 235 g/mol. The van der Waals surface area contributed by atoms with Crippen molar-refractivity contribution in [3.8, 4) is 17.5 Å². The van der Waals surface area contributed by atoms with Gasteiger partial charge in [0.25, 0.3) is 0 Å². The molecule has 3 rings (SSSR count). The van der Waals surface area contributed by atoms with Crippen molar-refractivity contribution in [2.24, 2.45) is 0 Å². The lowest BCUT2D eigenvalue weighted by atomic mass is 10.2. The van der Waals surface area contributed by atoms with Crippen molar-refractivity contribution in [1.29, 1.82) is 5.26 Å². The number of aromatic nitrogens is 4. The Hall–Kier alpha value is -2.74. The molecule has 0 saturated heterocycles. The Kier molecular flexibility index (Phi) is 2.27. The minimum atomic E-state index is 0.573. The molecule has 0 aliphatic rings. The van der Waals surface area contributed by atoms with Crippen LogP contribution in [0.5, 0.6) is 0 Å². The molecule has 0 radical (unpaired) electrons. The van der Waals surface area contributed by atoms with Crippen molar-refractivity contribution < 1.29 is 0 Å². The van der Waals surface area contributed by atoms with Crippen molar-refractivity contribution in [2.75, 3.05) is 0 Å². The van der Waals surface area contributed by atoms with E-state index in [4.69, 9.17) is 5.26 Å². The summed E-state index contributed by atoms with van der Waals surface area (Å²) in [5, 5.41) is 17.1. The topological polar surface area (TPSA) is 66.9 Å². The van der Waals surface area contributed by atoms with Gasteiger partial charge in [-0.05, 0) is 25.1 Å². The van der Waals surface area contributed by atoms with Gasteiger partial charge in [0.1, 0.15) is 0 Å². The van der Waals surface area contributed by atoms with Crippen LogP contribution in [0, 0.1) is 18.3 Å². The van der Waals surface area contributed by atoms with E-state index in [-0.39, 0.29) is 0 Å². The lowest BCUT2D eigenvalue weighted by Gasteiger charge is -2.02. The number of fused-ring (bicyclic) bond motifs is 1. The third-order valence-corrected chi connectivity index (χ3v) is 2.79. The smallest absolute Gasteiger partial charge is 0.170 e. The molecular formula is C13H9N5. The average Bonchev–Trinajstić information content (AvgIpc) is 2.82. The number of rotatable bonds is 1. The predicted molar refractivity (Wildman–Crippen MR) is 65.7 cm³/mol. The van der Waals surface area contributed by atoms with Gasteiger partial charge in [-0.25, -0.2) is 0 Å². The zero-order valence-electron chi connectivity index (χ0n) is 9.70. The zero-order chi connectivity index (χ0) is 12.5. The first-order valence-electron chi connectivity index (χ1n) is 5.46. The third kappa shape index (κ3) is 1.52. The van der Waals surface area contributed by atoms with Crippen molar-refractivity contribution >= 4 is 5.65 Å². The van der Waals surface area contributed by atoms with E-state index in [1.165, 1.54) is 0 Å². The highest BCUT2D eigenvalue weighted by Crippen LogP contribution is 2.20. The molecule has 3 heterocycles. The van der Waals surface area contributed by atoms with E-state index in [2.05, 4.69) is 21.3 Å². The lowest BCUT2D eigenvalue weighted by molar-refractivity contribution is 1.09. The Bertz CT molecular complexity index is 766. The Morgan fingerprint density at radius 2 is 2.17 bits per heavy atom. The molecule has 0 atom stereocenters. The van der Waals surface area contributed by atoms with E-state index in [9.17, 15) is 0 Å². The first-order valence-corrected chi connectivity index (χ1v) is 5.46. The van der Waals surface area contributed by atoms with Crippen molar-refractivity contribution in [3.63, 3.8) is 0 Å². The Morgan fingerprint density at radius 3 is 2.94 bits per heavy atom. The average molecular weight is 235 g/mol. The molecular weight excluding hydrogens is 226 g/mol. The van der Waals surface area contributed by atoms with Crippen LogP contribution >= 0.6 is 0 Å². The van der Waals surface area contributed by atoms with Gasteiger partial charge in [0, 0.05) is 29.7 Å². The van der Waals surface area contributed by atoms with Crippen LogP contribution in [0.3, 0.4) is 0 Å². The molecule has 0 fully saturated rings. The quantitative estimate of drug-likeness (QED) is 0.646. The van der Waals surface area contributed by atoms with Crippen LogP contribution in [0.1, 0.15) is 11.3 Å². The molecule has 18 heavy (non-hydrogen) atoms. The molecule has 0 N–H and O–H groups in total. The van der Waals surface area contributed by atoms with Gasteiger partial charge in [0.2, 0.25) is 0 Å². The van der Waals surface area contributed by atoms with E-state index >= 15 is 0 Å². The van der Waals surface area contributed by atoms with Gasteiger partial charge in [0.05, 0.1) is 11.6 Å². The SMILES string of the molecule is Cc1ncccc1-c1nnc2cc(C#N)ccn12. The first-order chi connectivity index (χ1) is 8.79. The summed E-state index contributed by atoms with van der Waals surface area (Å²) in [4.78, 5) is 4.24. The number of hydrogen-bond donors (Lipinski definition) is 0. The minimum Gasteiger partial charge on any atom is -0.282 e. The summed E-state index contributed by atoms with van der Waals surface area (Å²) >= 11 is 0. The van der Waals surface area contributed by atoms with Crippen molar-refractivity contribution in [3.05, 3.63) is 47.9 Å². The molecule has 5 nitrogen and oxygen atoms in total. The Morgan fingerprint density at radius 1 is 1.28 bits per heavy atom. The highest BCUT2D eigenvalue weighted by atomic mass is 15.2. The van der Waals surface area contributed by atoms with Gasteiger partial charge in [0.15, 0.2) is 11.5 Å². The van der Waals surface area contributed by atoms with Crippen LogP contribution in [-0.4, -0.2) is 19.6 Å². The van der Waals surface area contributed by atoms with Crippen LogP contribution in [-0.2, 0) is 0 Å². The fourth-order valence-electron chi connectivity index (χ4n) is 1.86. The largest absolute Gasteiger partial charge is 0.282 e. The van der Waals surface area contributed by atoms with Gasteiger partial charge in [-0.15, -0.1) is 10.2 Å². The predicted octanol–water partition coefficient (Wildman–Crippen LogP) is 1.97. The summed E-state index contributed by atoms with van der Waals surface area (Å²) < 4.78 is 1.85. The van der Waals surface area contributed by atoms with Crippen molar-refractivity contribution in [2.45, 2.75) is 6.92 Å². The summed E-state index contributed by atoms with van der Waals surface area (Å²) in [6.07, 6.45) is 3.55. The minimum absolute atomic E-state index is 0.573. The molecule has 3 aromatic heterocycles. The molecule has 0 aliphatic heterocycles. The maximum atomic E-state index is 8.85. The van der Waals surface area contributed by atoms with Gasteiger partial charge >= 0.3 is 0 Å². The second-order valence-electron chi connectivity index (χ2n) is 3.92. The molecule has 0 bridgehead atoms. The normalized spacial score (nSPS) is 10.4. The molecule has 0 saturated carbocycles. The van der Waals surface area contributed by atoms with Crippen LogP contribution in [0.15, 0.2) is 36.7 Å². The van der Waals surface area contributed by atoms with Crippen LogP contribution < -0.4 is 0 Å². The lowest BCUT2D eigenvalue weighted by Crippen LogP contribution is -1.93. The van der Waals surface area contributed by atoms with Crippen LogP contribution in [0.25, 0.3) is 17.0 Å². The Labute approximate surface area is 103 Å². The number of pyridine rings is 2. The zero-order valence-corrected chi connectivity index (χ0v) is 9.70. The number of hydrogen-bond acceptors (Lipinski definition) is 4. The summed E-state index contributed by atoms with van der Waals surface area (Å²) in [5.74, 6) is 0.736. The summed E-state index contributed by atoms with van der Waals surface area (Å²) in [6.45, 7) is 1.93. The standard InChI is InChI=1S/C13H9N5/c1-9-11(3-2-5-15-9)13-17-16-12-7-10(8-14)4-6-18(12)13/h2-7H,1H3.